The largest absolute Gasteiger partial charge is 0.496 e. The van der Waals surface area contributed by atoms with E-state index in [-0.39, 0.29) is 11.9 Å². The number of carbonyl (C=O) groups excluding carboxylic acids is 1. The maximum atomic E-state index is 12.5. The zero-order valence-electron chi connectivity index (χ0n) is 16.2. The van der Waals surface area contributed by atoms with E-state index in [0.29, 0.717) is 13.1 Å². The fourth-order valence-corrected chi connectivity index (χ4v) is 3.65. The minimum atomic E-state index is 0.0744. The molecule has 2 N–H and O–H groups in total. The van der Waals surface area contributed by atoms with Crippen molar-refractivity contribution in [2.24, 2.45) is 0 Å². The second-order valence-electron chi connectivity index (χ2n) is 6.96. The van der Waals surface area contributed by atoms with Gasteiger partial charge in [0.25, 0.3) is 0 Å². The van der Waals surface area contributed by atoms with Crippen molar-refractivity contribution in [3.8, 4) is 5.75 Å². The van der Waals surface area contributed by atoms with Gasteiger partial charge in [0.15, 0.2) is 0 Å². The number of rotatable bonds is 7. The number of hydrogen-bond donors (Lipinski definition) is 2. The van der Waals surface area contributed by atoms with Crippen molar-refractivity contribution < 1.29 is 9.53 Å². The van der Waals surface area contributed by atoms with E-state index in [0.717, 1.165) is 37.4 Å². The number of benzene rings is 2. The summed E-state index contributed by atoms with van der Waals surface area (Å²) in [5.74, 6) is 0.946. The zero-order valence-corrected chi connectivity index (χ0v) is 16.2. The SMILES string of the molecule is COc1ccccc1C1CNCCN1CC(=O)NCCc1ccccc1C. The summed E-state index contributed by atoms with van der Waals surface area (Å²) in [5.41, 5.74) is 3.68. The normalized spacial score (nSPS) is 17.5. The quantitative estimate of drug-likeness (QED) is 0.789. The van der Waals surface area contributed by atoms with Crippen LogP contribution >= 0.6 is 0 Å². The number of piperazine rings is 1. The first-order chi connectivity index (χ1) is 13.2. The molecule has 1 fully saturated rings. The number of methoxy groups -OCH3 is 1. The van der Waals surface area contributed by atoms with Crippen LogP contribution in [0.25, 0.3) is 0 Å². The molecule has 1 heterocycles. The van der Waals surface area contributed by atoms with Gasteiger partial charge in [-0.15, -0.1) is 0 Å². The summed E-state index contributed by atoms with van der Waals surface area (Å²) in [6, 6.07) is 16.5. The maximum absolute atomic E-state index is 12.5. The molecular weight excluding hydrogens is 338 g/mol. The number of nitrogens with one attached hydrogen (secondary N) is 2. The molecule has 0 spiro atoms. The lowest BCUT2D eigenvalue weighted by atomic mass is 10.0. The van der Waals surface area contributed by atoms with Crippen molar-refractivity contribution in [2.45, 2.75) is 19.4 Å². The summed E-state index contributed by atoms with van der Waals surface area (Å²) >= 11 is 0. The van der Waals surface area contributed by atoms with Gasteiger partial charge in [0.05, 0.1) is 19.7 Å². The Hall–Kier alpha value is -2.37. The highest BCUT2D eigenvalue weighted by atomic mass is 16.5. The Morgan fingerprint density at radius 1 is 1.22 bits per heavy atom. The van der Waals surface area contributed by atoms with Crippen molar-refractivity contribution in [3.05, 3.63) is 65.2 Å². The Morgan fingerprint density at radius 3 is 2.81 bits per heavy atom. The number of aryl methyl sites for hydroxylation is 1. The van der Waals surface area contributed by atoms with Crippen LogP contribution in [0.4, 0.5) is 0 Å². The van der Waals surface area contributed by atoms with Gasteiger partial charge in [0.2, 0.25) is 5.91 Å². The molecule has 2 aromatic rings. The molecule has 5 nitrogen and oxygen atoms in total. The van der Waals surface area contributed by atoms with E-state index in [2.05, 4.69) is 40.7 Å². The number of carbonyl (C=O) groups is 1. The van der Waals surface area contributed by atoms with Crippen LogP contribution in [0.1, 0.15) is 22.7 Å². The molecule has 5 heteroatoms. The molecule has 2 aromatic carbocycles. The van der Waals surface area contributed by atoms with Gasteiger partial charge in [-0.05, 0) is 30.5 Å². The number of amides is 1. The highest BCUT2D eigenvalue weighted by molar-refractivity contribution is 5.78. The first-order valence-corrected chi connectivity index (χ1v) is 9.58. The second kappa shape index (κ2) is 9.53. The summed E-state index contributed by atoms with van der Waals surface area (Å²) < 4.78 is 5.52. The van der Waals surface area contributed by atoms with Gasteiger partial charge in [-0.2, -0.15) is 0 Å². The predicted octanol–water partition coefficient (Wildman–Crippen LogP) is 2.31. The van der Waals surface area contributed by atoms with E-state index in [4.69, 9.17) is 4.74 Å². The van der Waals surface area contributed by atoms with Crippen molar-refractivity contribution >= 4 is 5.91 Å². The van der Waals surface area contributed by atoms with E-state index >= 15 is 0 Å². The van der Waals surface area contributed by atoms with Crippen LogP contribution in [0, 0.1) is 6.92 Å². The van der Waals surface area contributed by atoms with Crippen molar-refractivity contribution in [1.29, 1.82) is 0 Å². The van der Waals surface area contributed by atoms with E-state index in [9.17, 15) is 4.79 Å². The minimum Gasteiger partial charge on any atom is -0.496 e. The molecule has 0 radical (unpaired) electrons. The smallest absolute Gasteiger partial charge is 0.234 e. The molecule has 1 amide bonds. The first-order valence-electron chi connectivity index (χ1n) is 9.58. The molecular formula is C22H29N3O2. The van der Waals surface area contributed by atoms with Crippen molar-refractivity contribution in [1.82, 2.24) is 15.5 Å². The highest BCUT2D eigenvalue weighted by Crippen LogP contribution is 2.29. The van der Waals surface area contributed by atoms with E-state index in [1.807, 2.05) is 30.3 Å². The number of hydrogen-bond acceptors (Lipinski definition) is 4. The van der Waals surface area contributed by atoms with Crippen LogP contribution in [-0.2, 0) is 11.2 Å². The second-order valence-corrected chi connectivity index (χ2v) is 6.96. The highest BCUT2D eigenvalue weighted by Gasteiger charge is 2.27. The maximum Gasteiger partial charge on any atom is 0.234 e. The summed E-state index contributed by atoms with van der Waals surface area (Å²) in [7, 11) is 1.69. The molecule has 1 aliphatic heterocycles. The van der Waals surface area contributed by atoms with E-state index in [1.165, 1.54) is 11.1 Å². The van der Waals surface area contributed by atoms with Crippen LogP contribution < -0.4 is 15.4 Å². The number of nitrogens with zero attached hydrogens (tertiary/aromatic N) is 1. The monoisotopic (exact) mass is 367 g/mol. The lowest BCUT2D eigenvalue weighted by Crippen LogP contribution is -2.49. The van der Waals surface area contributed by atoms with Gasteiger partial charge < -0.3 is 15.4 Å². The topological polar surface area (TPSA) is 53.6 Å². The Balaban J connectivity index is 1.57. The van der Waals surface area contributed by atoms with Gasteiger partial charge in [0, 0.05) is 31.7 Å². The van der Waals surface area contributed by atoms with E-state index < -0.39 is 0 Å². The molecule has 3 rings (SSSR count). The third-order valence-electron chi connectivity index (χ3n) is 5.18. The fourth-order valence-electron chi connectivity index (χ4n) is 3.65. The van der Waals surface area contributed by atoms with Crippen LogP contribution in [0.3, 0.4) is 0 Å². The van der Waals surface area contributed by atoms with Gasteiger partial charge in [-0.25, -0.2) is 0 Å². The van der Waals surface area contributed by atoms with Gasteiger partial charge in [0.1, 0.15) is 5.75 Å². The Morgan fingerprint density at radius 2 is 2.00 bits per heavy atom. The number of para-hydroxylation sites is 1. The average Bonchev–Trinajstić information content (AvgIpc) is 2.70. The summed E-state index contributed by atoms with van der Waals surface area (Å²) in [6.07, 6.45) is 0.857. The molecule has 0 aromatic heterocycles. The molecule has 1 aliphatic rings. The Labute approximate surface area is 161 Å². The van der Waals surface area contributed by atoms with Crippen molar-refractivity contribution in [3.63, 3.8) is 0 Å². The average molecular weight is 367 g/mol. The third kappa shape index (κ3) is 5.08. The summed E-state index contributed by atoms with van der Waals surface area (Å²) in [5, 5.41) is 6.50. The first kappa shape index (κ1) is 19.4. The van der Waals surface area contributed by atoms with Crippen LogP contribution in [-0.4, -0.2) is 50.6 Å². The lowest BCUT2D eigenvalue weighted by molar-refractivity contribution is -0.123. The summed E-state index contributed by atoms with van der Waals surface area (Å²) in [4.78, 5) is 14.7. The van der Waals surface area contributed by atoms with E-state index in [1.54, 1.807) is 7.11 Å². The van der Waals surface area contributed by atoms with Crippen LogP contribution in [0.15, 0.2) is 48.5 Å². The van der Waals surface area contributed by atoms with Gasteiger partial charge >= 0.3 is 0 Å². The third-order valence-corrected chi connectivity index (χ3v) is 5.18. The predicted molar refractivity (Wildman–Crippen MR) is 108 cm³/mol. The van der Waals surface area contributed by atoms with Crippen molar-refractivity contribution in [2.75, 3.05) is 39.8 Å². The standard InChI is InChI=1S/C22H29N3O2/c1-17-7-3-4-8-18(17)11-12-24-22(26)16-25-14-13-23-15-20(25)19-9-5-6-10-21(19)27-2/h3-10,20,23H,11-16H2,1-2H3,(H,24,26). The van der Waals surface area contributed by atoms with Crippen LogP contribution in [0.5, 0.6) is 5.75 Å². The Bertz CT molecular complexity index is 763. The lowest BCUT2D eigenvalue weighted by Gasteiger charge is -2.36. The molecule has 1 unspecified atom stereocenters. The number of ether oxygens (including phenoxy) is 1. The van der Waals surface area contributed by atoms with Gasteiger partial charge in [-0.1, -0.05) is 42.5 Å². The zero-order chi connectivity index (χ0) is 19.1. The molecule has 1 atom stereocenters. The molecule has 27 heavy (non-hydrogen) atoms. The minimum absolute atomic E-state index is 0.0744. The molecule has 1 saturated heterocycles. The summed E-state index contributed by atoms with van der Waals surface area (Å²) in [6.45, 7) is 5.72. The fraction of sp³-hybridized carbons (Fsp3) is 0.409. The molecule has 0 aliphatic carbocycles. The molecule has 144 valence electrons. The molecule has 0 saturated carbocycles. The van der Waals surface area contributed by atoms with Gasteiger partial charge in [-0.3, -0.25) is 9.69 Å². The Kier molecular flexibility index (Phi) is 6.85. The molecule has 0 bridgehead atoms. The van der Waals surface area contributed by atoms with Crippen LogP contribution in [0.2, 0.25) is 0 Å².